The number of aliphatic carboxylic acids is 1. The minimum atomic E-state index is -0.758. The number of hydrogen-bond acceptors (Lipinski definition) is 2. The summed E-state index contributed by atoms with van der Waals surface area (Å²) in [5.41, 5.74) is 0. The Morgan fingerprint density at radius 3 is 2.62 bits per heavy atom. The first-order chi connectivity index (χ1) is 6.20. The molecule has 5 atom stereocenters. The van der Waals surface area contributed by atoms with Crippen LogP contribution in [0.2, 0.25) is 0 Å². The van der Waals surface area contributed by atoms with E-state index in [1.54, 1.807) is 0 Å². The van der Waals surface area contributed by atoms with E-state index >= 15 is 0 Å². The van der Waals surface area contributed by atoms with Gasteiger partial charge in [-0.2, -0.15) is 0 Å². The van der Waals surface area contributed by atoms with E-state index < -0.39 is 5.97 Å². The standard InChI is InChI=1S/C10H12O3/c11-9-5-2-1-4-6(5)3-7(8(4)9)10(12)13/h4-8H,1-3H2,(H,12,13)/t4-,5+,6-,7-,8-/m1/s1. The largest absolute Gasteiger partial charge is 0.481 e. The monoisotopic (exact) mass is 180 g/mol. The zero-order valence-electron chi connectivity index (χ0n) is 7.27. The van der Waals surface area contributed by atoms with Crippen molar-refractivity contribution in [1.29, 1.82) is 0 Å². The number of rotatable bonds is 1. The molecule has 0 unspecified atom stereocenters. The summed E-state index contributed by atoms with van der Waals surface area (Å²) in [6.45, 7) is 0. The molecule has 3 heteroatoms. The quantitative estimate of drug-likeness (QED) is 0.653. The van der Waals surface area contributed by atoms with Gasteiger partial charge >= 0.3 is 5.97 Å². The molecule has 13 heavy (non-hydrogen) atoms. The van der Waals surface area contributed by atoms with Crippen LogP contribution in [0.4, 0.5) is 0 Å². The number of carboxylic acids is 1. The summed E-state index contributed by atoms with van der Waals surface area (Å²) in [7, 11) is 0. The van der Waals surface area contributed by atoms with Gasteiger partial charge in [0.15, 0.2) is 0 Å². The first-order valence-electron chi connectivity index (χ1n) is 4.96. The first kappa shape index (κ1) is 7.54. The highest BCUT2D eigenvalue weighted by molar-refractivity contribution is 5.93. The SMILES string of the molecule is O=C1[C@@H]2[C@@H]3CC[C@H]1[C@@H]3C[C@H]2C(=O)O. The lowest BCUT2D eigenvalue weighted by Crippen LogP contribution is -2.34. The molecule has 0 radical (unpaired) electrons. The molecule has 0 aromatic rings. The van der Waals surface area contributed by atoms with E-state index in [0.717, 1.165) is 19.3 Å². The van der Waals surface area contributed by atoms with Crippen molar-refractivity contribution in [2.45, 2.75) is 19.3 Å². The lowest BCUT2D eigenvalue weighted by atomic mass is 9.77. The van der Waals surface area contributed by atoms with Gasteiger partial charge in [0.05, 0.1) is 5.92 Å². The number of carbonyl (C=O) groups excluding carboxylic acids is 1. The normalized spacial score (nSPS) is 51.7. The van der Waals surface area contributed by atoms with Gasteiger partial charge < -0.3 is 5.11 Å². The van der Waals surface area contributed by atoms with Gasteiger partial charge in [-0.3, -0.25) is 9.59 Å². The van der Waals surface area contributed by atoms with Gasteiger partial charge in [-0.1, -0.05) is 0 Å². The second kappa shape index (κ2) is 2.14. The molecule has 3 fully saturated rings. The van der Waals surface area contributed by atoms with Crippen molar-refractivity contribution in [3.05, 3.63) is 0 Å². The van der Waals surface area contributed by atoms with Gasteiger partial charge in [0.25, 0.3) is 0 Å². The molecule has 1 N–H and O–H groups in total. The second-order valence-corrected chi connectivity index (χ2v) is 4.62. The maximum atomic E-state index is 11.7. The van der Waals surface area contributed by atoms with Gasteiger partial charge in [0.1, 0.15) is 5.78 Å². The molecule has 0 aromatic carbocycles. The van der Waals surface area contributed by atoms with E-state index in [1.807, 2.05) is 0 Å². The van der Waals surface area contributed by atoms with Crippen molar-refractivity contribution in [3.63, 3.8) is 0 Å². The van der Waals surface area contributed by atoms with E-state index in [-0.39, 0.29) is 23.5 Å². The molecule has 0 amide bonds. The molecular weight excluding hydrogens is 168 g/mol. The third kappa shape index (κ3) is 0.713. The maximum absolute atomic E-state index is 11.7. The molecule has 3 aliphatic carbocycles. The Bertz CT molecular complexity index is 297. The summed E-state index contributed by atoms with van der Waals surface area (Å²) in [6, 6.07) is 0. The topological polar surface area (TPSA) is 54.4 Å². The zero-order chi connectivity index (χ0) is 9.16. The average molecular weight is 180 g/mol. The average Bonchev–Trinajstić information content (AvgIpc) is 2.64. The van der Waals surface area contributed by atoms with Crippen molar-refractivity contribution in [1.82, 2.24) is 0 Å². The predicted molar refractivity (Wildman–Crippen MR) is 43.9 cm³/mol. The summed E-state index contributed by atoms with van der Waals surface area (Å²) in [5, 5.41) is 8.93. The highest BCUT2D eigenvalue weighted by Crippen LogP contribution is 2.61. The smallest absolute Gasteiger partial charge is 0.307 e. The van der Waals surface area contributed by atoms with Crippen molar-refractivity contribution >= 4 is 11.8 Å². The number of hydrogen-bond donors (Lipinski definition) is 1. The summed E-state index contributed by atoms with van der Waals surface area (Å²) in [6.07, 6.45) is 2.88. The summed E-state index contributed by atoms with van der Waals surface area (Å²) < 4.78 is 0. The maximum Gasteiger partial charge on any atom is 0.307 e. The lowest BCUT2D eigenvalue weighted by molar-refractivity contribution is -0.148. The molecule has 4 bridgehead atoms. The fraction of sp³-hybridized carbons (Fsp3) is 0.800. The van der Waals surface area contributed by atoms with Crippen LogP contribution in [0.1, 0.15) is 19.3 Å². The minimum Gasteiger partial charge on any atom is -0.481 e. The second-order valence-electron chi connectivity index (χ2n) is 4.62. The molecule has 3 saturated carbocycles. The van der Waals surface area contributed by atoms with Crippen LogP contribution in [0.25, 0.3) is 0 Å². The molecule has 0 saturated heterocycles. The Hall–Kier alpha value is -0.860. The van der Waals surface area contributed by atoms with Crippen LogP contribution in [0.3, 0.4) is 0 Å². The van der Waals surface area contributed by atoms with Crippen molar-refractivity contribution in [2.24, 2.45) is 29.6 Å². The fourth-order valence-electron chi connectivity index (χ4n) is 3.89. The third-order valence-corrected chi connectivity index (χ3v) is 4.31. The van der Waals surface area contributed by atoms with Crippen molar-refractivity contribution in [3.8, 4) is 0 Å². The van der Waals surface area contributed by atoms with Crippen LogP contribution >= 0.6 is 0 Å². The van der Waals surface area contributed by atoms with Crippen molar-refractivity contribution in [2.75, 3.05) is 0 Å². The van der Waals surface area contributed by atoms with E-state index in [2.05, 4.69) is 0 Å². The van der Waals surface area contributed by atoms with Crippen LogP contribution in [0.5, 0.6) is 0 Å². The number of carboxylic acid groups (broad SMARTS) is 1. The summed E-state index contributed by atoms with van der Waals surface area (Å²) >= 11 is 0. The number of carbonyl (C=O) groups is 2. The predicted octanol–water partition coefficient (Wildman–Crippen LogP) is 0.932. The number of Topliss-reactive ketones (excluding diaryl/α,β-unsaturated/α-hetero) is 1. The molecule has 70 valence electrons. The highest BCUT2D eigenvalue weighted by atomic mass is 16.4. The van der Waals surface area contributed by atoms with E-state index in [4.69, 9.17) is 5.11 Å². The van der Waals surface area contributed by atoms with Gasteiger partial charge in [0.2, 0.25) is 0 Å². The van der Waals surface area contributed by atoms with Crippen LogP contribution in [0.15, 0.2) is 0 Å². The Morgan fingerprint density at radius 1 is 1.31 bits per heavy atom. The fourth-order valence-corrected chi connectivity index (χ4v) is 3.89. The molecular formula is C10H12O3. The highest BCUT2D eigenvalue weighted by Gasteiger charge is 2.63. The van der Waals surface area contributed by atoms with E-state index in [9.17, 15) is 9.59 Å². The van der Waals surface area contributed by atoms with Gasteiger partial charge in [-0.25, -0.2) is 0 Å². The molecule has 0 aromatic heterocycles. The Morgan fingerprint density at radius 2 is 2.08 bits per heavy atom. The van der Waals surface area contributed by atoms with Crippen LogP contribution in [-0.2, 0) is 9.59 Å². The van der Waals surface area contributed by atoms with Gasteiger partial charge in [-0.15, -0.1) is 0 Å². The molecule has 3 aliphatic rings. The van der Waals surface area contributed by atoms with Gasteiger partial charge in [-0.05, 0) is 31.1 Å². The Labute approximate surface area is 76.1 Å². The zero-order valence-corrected chi connectivity index (χ0v) is 7.27. The number of ketones is 1. The third-order valence-electron chi connectivity index (χ3n) is 4.31. The minimum absolute atomic E-state index is 0.110. The molecule has 0 spiro atoms. The molecule has 0 heterocycles. The molecule has 0 aliphatic heterocycles. The van der Waals surface area contributed by atoms with E-state index in [1.165, 1.54) is 0 Å². The first-order valence-corrected chi connectivity index (χ1v) is 4.96. The summed E-state index contributed by atoms with van der Waals surface area (Å²) in [5.74, 6) is 0.147. The lowest BCUT2D eigenvalue weighted by Gasteiger charge is -2.24. The van der Waals surface area contributed by atoms with Crippen LogP contribution < -0.4 is 0 Å². The summed E-state index contributed by atoms with van der Waals surface area (Å²) in [4.78, 5) is 22.5. The van der Waals surface area contributed by atoms with Crippen molar-refractivity contribution < 1.29 is 14.7 Å². The molecule has 3 nitrogen and oxygen atoms in total. The van der Waals surface area contributed by atoms with Gasteiger partial charge in [0, 0.05) is 11.8 Å². The van der Waals surface area contributed by atoms with Crippen LogP contribution in [-0.4, -0.2) is 16.9 Å². The molecule has 3 rings (SSSR count). The Balaban J connectivity index is 1.97. The van der Waals surface area contributed by atoms with E-state index in [0.29, 0.717) is 11.8 Å². The van der Waals surface area contributed by atoms with Crippen LogP contribution in [0, 0.1) is 29.6 Å². The Kier molecular flexibility index (Phi) is 1.24.